The molecule has 126 valence electrons. The van der Waals surface area contributed by atoms with Crippen LogP contribution in [-0.4, -0.2) is 42.5 Å². The molecule has 0 aromatic carbocycles. The normalized spacial score (nSPS) is 27.3. The molecule has 3 N–H and O–H groups in total. The molecule has 1 saturated heterocycles. The molecule has 2 rings (SSSR count). The predicted octanol–water partition coefficient (Wildman–Crippen LogP) is 2.34. The summed E-state index contributed by atoms with van der Waals surface area (Å²) in [4.78, 5) is 14.5. The van der Waals surface area contributed by atoms with Crippen LogP contribution in [0.5, 0.6) is 0 Å². The van der Waals surface area contributed by atoms with Crippen LogP contribution < -0.4 is 11.1 Å². The molecule has 0 spiro atoms. The zero-order valence-electron chi connectivity index (χ0n) is 13.1. The standard InChI is InChI=1S/C15H29N3O.2ClH/c1-2-18-9-7-13(8-10-18)17-15(19)11-12-5-3-4-6-14(12)16;;/h12-14H,2-11,16H2,1H3,(H,17,19);2*1H. The fourth-order valence-electron chi connectivity index (χ4n) is 3.41. The van der Waals surface area contributed by atoms with Crippen LogP contribution in [0.4, 0.5) is 0 Å². The van der Waals surface area contributed by atoms with E-state index in [1.54, 1.807) is 0 Å². The number of carbonyl (C=O) groups excluding carboxylic acids is 1. The molecule has 1 heterocycles. The summed E-state index contributed by atoms with van der Waals surface area (Å²) in [6.45, 7) is 5.55. The molecule has 1 aliphatic heterocycles. The number of nitrogens with zero attached hydrogens (tertiary/aromatic N) is 1. The Morgan fingerprint density at radius 3 is 2.33 bits per heavy atom. The summed E-state index contributed by atoms with van der Waals surface area (Å²) >= 11 is 0. The SMILES string of the molecule is CCN1CCC(NC(=O)CC2CCCCC2N)CC1.Cl.Cl. The predicted molar refractivity (Wildman–Crippen MR) is 92.3 cm³/mol. The molecule has 2 unspecified atom stereocenters. The molecular formula is C15H31Cl2N3O. The Hall–Kier alpha value is -0.0300. The molecule has 21 heavy (non-hydrogen) atoms. The summed E-state index contributed by atoms with van der Waals surface area (Å²) in [5.74, 6) is 0.627. The number of nitrogens with two attached hydrogens (primary N) is 1. The number of amides is 1. The summed E-state index contributed by atoms with van der Waals surface area (Å²) in [5.41, 5.74) is 6.11. The Morgan fingerprint density at radius 2 is 1.76 bits per heavy atom. The number of nitrogens with one attached hydrogen (secondary N) is 1. The first kappa shape index (κ1) is 21.0. The van der Waals surface area contributed by atoms with Crippen LogP contribution >= 0.6 is 24.8 Å². The van der Waals surface area contributed by atoms with E-state index in [-0.39, 0.29) is 36.8 Å². The van der Waals surface area contributed by atoms with E-state index >= 15 is 0 Å². The summed E-state index contributed by atoms with van der Waals surface area (Å²) in [6.07, 6.45) is 7.51. The second kappa shape index (κ2) is 10.7. The molecule has 2 atom stereocenters. The van der Waals surface area contributed by atoms with Crippen molar-refractivity contribution < 1.29 is 4.79 Å². The molecule has 0 bridgehead atoms. The van der Waals surface area contributed by atoms with Gasteiger partial charge in [-0.25, -0.2) is 0 Å². The van der Waals surface area contributed by atoms with Crippen LogP contribution in [0.2, 0.25) is 0 Å². The second-order valence-corrected chi connectivity index (χ2v) is 6.19. The van der Waals surface area contributed by atoms with Gasteiger partial charge in [-0.1, -0.05) is 19.8 Å². The van der Waals surface area contributed by atoms with E-state index in [4.69, 9.17) is 5.73 Å². The van der Waals surface area contributed by atoms with E-state index in [1.165, 1.54) is 12.8 Å². The Bertz CT molecular complexity index is 297. The Balaban J connectivity index is 0.00000200. The minimum atomic E-state index is 0. The van der Waals surface area contributed by atoms with Crippen LogP contribution in [0.3, 0.4) is 0 Å². The van der Waals surface area contributed by atoms with Gasteiger partial charge in [-0.2, -0.15) is 0 Å². The van der Waals surface area contributed by atoms with Crippen molar-refractivity contribution in [2.75, 3.05) is 19.6 Å². The van der Waals surface area contributed by atoms with Crippen molar-refractivity contribution in [2.24, 2.45) is 11.7 Å². The van der Waals surface area contributed by atoms with Gasteiger partial charge in [-0.3, -0.25) is 4.79 Å². The van der Waals surface area contributed by atoms with Gasteiger partial charge in [0.2, 0.25) is 5.91 Å². The molecule has 0 aromatic heterocycles. The van der Waals surface area contributed by atoms with Crippen LogP contribution in [0.25, 0.3) is 0 Å². The highest BCUT2D eigenvalue weighted by Crippen LogP contribution is 2.25. The highest BCUT2D eigenvalue weighted by atomic mass is 35.5. The van der Waals surface area contributed by atoms with Crippen molar-refractivity contribution in [3.05, 3.63) is 0 Å². The van der Waals surface area contributed by atoms with Crippen molar-refractivity contribution in [1.82, 2.24) is 10.2 Å². The van der Waals surface area contributed by atoms with Gasteiger partial charge in [0.1, 0.15) is 0 Å². The lowest BCUT2D eigenvalue weighted by Crippen LogP contribution is -2.45. The summed E-state index contributed by atoms with van der Waals surface area (Å²) in [7, 11) is 0. The van der Waals surface area contributed by atoms with Crippen LogP contribution in [0.1, 0.15) is 51.9 Å². The fraction of sp³-hybridized carbons (Fsp3) is 0.933. The first-order valence-electron chi connectivity index (χ1n) is 7.96. The summed E-state index contributed by atoms with van der Waals surface area (Å²) in [5, 5.41) is 3.21. The van der Waals surface area contributed by atoms with E-state index < -0.39 is 0 Å². The van der Waals surface area contributed by atoms with Gasteiger partial charge in [0.05, 0.1) is 0 Å². The maximum absolute atomic E-state index is 12.1. The third-order valence-electron chi connectivity index (χ3n) is 4.82. The van der Waals surface area contributed by atoms with Crippen LogP contribution in [-0.2, 0) is 4.79 Å². The van der Waals surface area contributed by atoms with Crippen molar-refractivity contribution in [3.8, 4) is 0 Å². The highest BCUT2D eigenvalue weighted by Gasteiger charge is 2.26. The van der Waals surface area contributed by atoms with E-state index in [0.29, 0.717) is 18.4 Å². The second-order valence-electron chi connectivity index (χ2n) is 6.19. The van der Waals surface area contributed by atoms with Crippen LogP contribution in [0.15, 0.2) is 0 Å². The first-order valence-corrected chi connectivity index (χ1v) is 7.96. The Kier molecular flexibility index (Phi) is 10.6. The molecule has 1 aliphatic carbocycles. The Morgan fingerprint density at radius 1 is 1.14 bits per heavy atom. The molecule has 2 aliphatic rings. The minimum Gasteiger partial charge on any atom is -0.353 e. The first-order chi connectivity index (χ1) is 9.19. The molecule has 2 fully saturated rings. The number of piperidine rings is 1. The van der Waals surface area contributed by atoms with E-state index in [0.717, 1.165) is 45.3 Å². The van der Waals surface area contributed by atoms with Gasteiger partial charge in [-0.15, -0.1) is 24.8 Å². The van der Waals surface area contributed by atoms with Crippen LogP contribution in [0, 0.1) is 5.92 Å². The maximum Gasteiger partial charge on any atom is 0.220 e. The summed E-state index contributed by atoms with van der Waals surface area (Å²) < 4.78 is 0. The average Bonchev–Trinajstić information content (AvgIpc) is 2.42. The minimum absolute atomic E-state index is 0. The fourth-order valence-corrected chi connectivity index (χ4v) is 3.41. The lowest BCUT2D eigenvalue weighted by molar-refractivity contribution is -0.123. The zero-order chi connectivity index (χ0) is 13.7. The van der Waals surface area contributed by atoms with Crippen molar-refractivity contribution in [3.63, 3.8) is 0 Å². The molecule has 1 amide bonds. The molecule has 0 radical (unpaired) electrons. The molecule has 1 saturated carbocycles. The topological polar surface area (TPSA) is 58.4 Å². The summed E-state index contributed by atoms with van der Waals surface area (Å²) in [6, 6.07) is 0.622. The maximum atomic E-state index is 12.1. The van der Waals surface area contributed by atoms with Gasteiger partial charge in [0, 0.05) is 31.6 Å². The zero-order valence-corrected chi connectivity index (χ0v) is 14.7. The molecule has 0 aromatic rings. The molecular weight excluding hydrogens is 309 g/mol. The van der Waals surface area contributed by atoms with Gasteiger partial charge in [-0.05, 0) is 38.1 Å². The number of likely N-dealkylation sites (tertiary alicyclic amines) is 1. The van der Waals surface area contributed by atoms with Crippen molar-refractivity contribution >= 4 is 30.7 Å². The monoisotopic (exact) mass is 339 g/mol. The number of rotatable bonds is 4. The van der Waals surface area contributed by atoms with Gasteiger partial charge >= 0.3 is 0 Å². The average molecular weight is 340 g/mol. The largest absolute Gasteiger partial charge is 0.353 e. The van der Waals surface area contributed by atoms with Gasteiger partial charge < -0.3 is 16.0 Å². The van der Waals surface area contributed by atoms with Crippen molar-refractivity contribution in [1.29, 1.82) is 0 Å². The highest BCUT2D eigenvalue weighted by molar-refractivity contribution is 5.85. The third kappa shape index (κ3) is 6.72. The van der Waals surface area contributed by atoms with E-state index in [1.807, 2.05) is 0 Å². The molecule has 4 nitrogen and oxygen atoms in total. The van der Waals surface area contributed by atoms with E-state index in [2.05, 4.69) is 17.1 Å². The smallest absolute Gasteiger partial charge is 0.220 e. The third-order valence-corrected chi connectivity index (χ3v) is 4.82. The Labute approximate surface area is 141 Å². The number of halogens is 2. The quantitative estimate of drug-likeness (QED) is 0.826. The number of hydrogen-bond acceptors (Lipinski definition) is 3. The number of hydrogen-bond donors (Lipinski definition) is 2. The van der Waals surface area contributed by atoms with Crippen molar-refractivity contribution in [2.45, 2.75) is 64.0 Å². The van der Waals surface area contributed by atoms with Gasteiger partial charge in [0.25, 0.3) is 0 Å². The van der Waals surface area contributed by atoms with Gasteiger partial charge in [0.15, 0.2) is 0 Å². The number of carbonyl (C=O) groups is 1. The van der Waals surface area contributed by atoms with E-state index in [9.17, 15) is 4.79 Å². The lowest BCUT2D eigenvalue weighted by Gasteiger charge is -2.32. The molecule has 6 heteroatoms. The lowest BCUT2D eigenvalue weighted by atomic mass is 9.83.